The van der Waals surface area contributed by atoms with Gasteiger partial charge in [0.15, 0.2) is 8.32 Å². The Labute approximate surface area is 270 Å². The lowest BCUT2D eigenvalue weighted by Gasteiger charge is -2.42. The minimum absolute atomic E-state index is 0.00808. The van der Waals surface area contributed by atoms with Gasteiger partial charge in [0.25, 0.3) is 0 Å². The summed E-state index contributed by atoms with van der Waals surface area (Å²) in [6.45, 7) is 14.0. The SMILES string of the molecule is COc1cc([C@@H](O[Si](C)(C)C(C)(C)C)[C@@H](CC2Cc3ccccc3C2)Cn2ccc(CC(=O)NS(C)(=O)=O)c2)cc(OC)c1C. The normalized spacial score (nSPS) is 15.4. The van der Waals surface area contributed by atoms with E-state index < -0.39 is 24.2 Å². The van der Waals surface area contributed by atoms with E-state index in [1.54, 1.807) is 14.2 Å². The third-order valence-electron chi connectivity index (χ3n) is 9.45. The number of rotatable bonds is 13. The molecule has 0 fully saturated rings. The quantitative estimate of drug-likeness (QED) is 0.208. The fourth-order valence-electron chi connectivity index (χ4n) is 6.15. The Bertz CT molecular complexity index is 1560. The average molecular weight is 655 g/mol. The average Bonchev–Trinajstić information content (AvgIpc) is 3.55. The summed E-state index contributed by atoms with van der Waals surface area (Å²) in [5, 5.41) is -0.00808. The molecule has 1 aliphatic rings. The lowest BCUT2D eigenvalue weighted by atomic mass is 9.85. The molecule has 0 spiro atoms. The zero-order valence-corrected chi connectivity index (χ0v) is 30.1. The minimum Gasteiger partial charge on any atom is -0.496 e. The lowest BCUT2D eigenvalue weighted by Crippen LogP contribution is -2.43. The Morgan fingerprint density at radius 1 is 1.04 bits per heavy atom. The first kappa shape index (κ1) is 34.8. The second-order valence-corrected chi connectivity index (χ2v) is 20.6. The highest BCUT2D eigenvalue weighted by atomic mass is 32.2. The molecule has 0 saturated carbocycles. The Kier molecular flexibility index (Phi) is 10.6. The van der Waals surface area contributed by atoms with Crippen molar-refractivity contribution >= 4 is 24.2 Å². The Morgan fingerprint density at radius 3 is 2.13 bits per heavy atom. The molecule has 1 N–H and O–H groups in total. The molecule has 2 aromatic carbocycles. The number of benzene rings is 2. The van der Waals surface area contributed by atoms with Crippen LogP contribution in [-0.2, 0) is 45.1 Å². The molecule has 1 aromatic heterocycles. The second-order valence-electron chi connectivity index (χ2n) is 14.1. The van der Waals surface area contributed by atoms with E-state index >= 15 is 0 Å². The Balaban J connectivity index is 1.75. The number of carbonyl (C=O) groups is 1. The number of hydrogen-bond donors (Lipinski definition) is 1. The number of carbonyl (C=O) groups excluding carboxylic acids is 1. The molecule has 0 aliphatic heterocycles. The molecule has 3 aromatic rings. The molecule has 0 unspecified atom stereocenters. The van der Waals surface area contributed by atoms with E-state index in [0.717, 1.165) is 53.7 Å². The van der Waals surface area contributed by atoms with Crippen LogP contribution < -0.4 is 14.2 Å². The van der Waals surface area contributed by atoms with E-state index in [1.165, 1.54) is 11.1 Å². The van der Waals surface area contributed by atoms with Gasteiger partial charge in [-0.25, -0.2) is 8.42 Å². The van der Waals surface area contributed by atoms with E-state index in [0.29, 0.717) is 12.5 Å². The molecule has 45 heavy (non-hydrogen) atoms. The summed E-state index contributed by atoms with van der Waals surface area (Å²) in [7, 11) is -2.51. The minimum atomic E-state index is -3.62. The predicted octanol–water partition coefficient (Wildman–Crippen LogP) is 6.62. The van der Waals surface area contributed by atoms with E-state index in [9.17, 15) is 13.2 Å². The topological polar surface area (TPSA) is 95.9 Å². The summed E-state index contributed by atoms with van der Waals surface area (Å²) in [5.41, 5.74) is 5.56. The molecule has 246 valence electrons. The van der Waals surface area contributed by atoms with Gasteiger partial charge in [-0.1, -0.05) is 45.0 Å². The Hall–Kier alpha value is -3.08. The number of amides is 1. The fourth-order valence-corrected chi connectivity index (χ4v) is 7.95. The number of sulfonamides is 1. The fraction of sp³-hybridized carbons (Fsp3) is 0.514. The van der Waals surface area contributed by atoms with Gasteiger partial charge >= 0.3 is 0 Å². The zero-order valence-electron chi connectivity index (χ0n) is 28.3. The van der Waals surface area contributed by atoms with Crippen LogP contribution in [0.2, 0.25) is 18.1 Å². The van der Waals surface area contributed by atoms with Crippen molar-refractivity contribution < 1.29 is 27.1 Å². The van der Waals surface area contributed by atoms with Crippen molar-refractivity contribution in [2.75, 3.05) is 20.5 Å². The molecule has 1 amide bonds. The summed E-state index contributed by atoms with van der Waals surface area (Å²) in [5.74, 6) is 1.53. The van der Waals surface area contributed by atoms with Crippen molar-refractivity contribution in [3.63, 3.8) is 0 Å². The van der Waals surface area contributed by atoms with Gasteiger partial charge in [0.2, 0.25) is 15.9 Å². The van der Waals surface area contributed by atoms with Gasteiger partial charge in [-0.15, -0.1) is 0 Å². The van der Waals surface area contributed by atoms with Gasteiger partial charge in [0.1, 0.15) is 11.5 Å². The van der Waals surface area contributed by atoms with Crippen LogP contribution in [-0.4, -0.2) is 47.7 Å². The summed E-state index contributed by atoms with van der Waals surface area (Å²) in [6, 6.07) is 14.8. The monoisotopic (exact) mass is 654 g/mol. The van der Waals surface area contributed by atoms with Gasteiger partial charge in [-0.3, -0.25) is 9.52 Å². The molecular weight excluding hydrogens is 605 g/mol. The molecule has 1 heterocycles. The smallest absolute Gasteiger partial charge is 0.237 e. The van der Waals surface area contributed by atoms with Crippen LogP contribution in [0, 0.1) is 18.8 Å². The van der Waals surface area contributed by atoms with Gasteiger partial charge in [0.05, 0.1) is 33.0 Å². The second kappa shape index (κ2) is 13.7. The number of methoxy groups -OCH3 is 2. The van der Waals surface area contributed by atoms with Crippen LogP contribution in [0.5, 0.6) is 11.5 Å². The van der Waals surface area contributed by atoms with E-state index in [4.69, 9.17) is 13.9 Å². The largest absolute Gasteiger partial charge is 0.496 e. The standard InChI is InChI=1S/C35H50N2O6SSi/c1-24-31(41-5)20-29(21-32(24)42-6)34(43-45(8,9)35(2,3)4)30(18-26-16-27-12-10-11-13-28(27)17-26)23-37-15-14-25(22-37)19-33(38)36-44(7,39)40/h10-15,20-22,26,30,34H,16-19,23H2,1-9H3,(H,36,38)/t30-,34+/m0/s1. The lowest BCUT2D eigenvalue weighted by molar-refractivity contribution is -0.118. The van der Waals surface area contributed by atoms with Crippen molar-refractivity contribution in [2.45, 2.75) is 84.2 Å². The molecule has 0 bridgehead atoms. The molecule has 0 saturated heterocycles. The number of aromatic nitrogens is 1. The van der Waals surface area contributed by atoms with Crippen molar-refractivity contribution in [1.29, 1.82) is 0 Å². The van der Waals surface area contributed by atoms with E-state index in [-0.39, 0.29) is 23.5 Å². The Morgan fingerprint density at radius 2 is 1.62 bits per heavy atom. The molecule has 0 radical (unpaired) electrons. The van der Waals surface area contributed by atoms with Crippen LogP contribution in [0.15, 0.2) is 54.9 Å². The maximum Gasteiger partial charge on any atom is 0.237 e. The number of fused-ring (bicyclic) bond motifs is 1. The van der Waals surface area contributed by atoms with Crippen molar-refractivity contribution in [2.24, 2.45) is 11.8 Å². The van der Waals surface area contributed by atoms with Crippen LogP contribution in [0.3, 0.4) is 0 Å². The van der Waals surface area contributed by atoms with Gasteiger partial charge < -0.3 is 18.5 Å². The highest BCUT2D eigenvalue weighted by Gasteiger charge is 2.42. The van der Waals surface area contributed by atoms with Gasteiger partial charge in [-0.05, 0) is 90.7 Å². The number of ether oxygens (including phenoxy) is 2. The third-order valence-corrected chi connectivity index (χ3v) is 14.5. The highest BCUT2D eigenvalue weighted by molar-refractivity contribution is 7.89. The molecular formula is C35H50N2O6SSi. The first-order valence-corrected chi connectivity index (χ1v) is 20.4. The summed E-state index contributed by atoms with van der Waals surface area (Å²) >= 11 is 0. The number of nitrogens with zero attached hydrogens (tertiary/aromatic N) is 1. The molecule has 4 rings (SSSR count). The van der Waals surface area contributed by atoms with Crippen molar-refractivity contribution in [1.82, 2.24) is 9.29 Å². The van der Waals surface area contributed by atoms with E-state index in [1.807, 2.05) is 25.4 Å². The molecule has 10 heteroatoms. The predicted molar refractivity (Wildman–Crippen MR) is 182 cm³/mol. The van der Waals surface area contributed by atoms with Gasteiger partial charge in [-0.2, -0.15) is 0 Å². The summed E-state index contributed by atoms with van der Waals surface area (Å²) < 4.78 is 46.3. The first-order valence-electron chi connectivity index (χ1n) is 15.6. The van der Waals surface area contributed by atoms with Crippen molar-refractivity contribution in [3.8, 4) is 11.5 Å². The van der Waals surface area contributed by atoms with E-state index in [2.05, 4.69) is 79.6 Å². The maximum absolute atomic E-state index is 12.4. The summed E-state index contributed by atoms with van der Waals surface area (Å²) in [4.78, 5) is 12.4. The zero-order chi connectivity index (χ0) is 33.2. The van der Waals surface area contributed by atoms with Crippen molar-refractivity contribution in [3.05, 3.63) is 82.7 Å². The first-order chi connectivity index (χ1) is 21.0. The summed E-state index contributed by atoms with van der Waals surface area (Å²) in [6.07, 6.45) is 7.65. The number of nitrogens with one attached hydrogen (secondary N) is 1. The van der Waals surface area contributed by atoms with Gasteiger partial charge in [0, 0.05) is 30.4 Å². The molecule has 1 aliphatic carbocycles. The van der Waals surface area contributed by atoms with Crippen LogP contribution in [0.4, 0.5) is 0 Å². The third kappa shape index (κ3) is 8.80. The van der Waals surface area contributed by atoms with Crippen LogP contribution >= 0.6 is 0 Å². The maximum atomic E-state index is 12.4. The molecule has 2 atom stereocenters. The van der Waals surface area contributed by atoms with Crippen LogP contribution in [0.1, 0.15) is 61.1 Å². The number of hydrogen-bond acceptors (Lipinski definition) is 6. The highest BCUT2D eigenvalue weighted by Crippen LogP contribution is 2.46. The van der Waals surface area contributed by atoms with Crippen LogP contribution in [0.25, 0.3) is 0 Å². The molecule has 8 nitrogen and oxygen atoms in total.